The Balaban J connectivity index is 1.96. The van der Waals surface area contributed by atoms with Crippen LogP contribution in [0.3, 0.4) is 0 Å². The van der Waals surface area contributed by atoms with E-state index in [0.717, 1.165) is 12.1 Å². The van der Waals surface area contributed by atoms with Crippen LogP contribution >= 0.6 is 11.6 Å². The summed E-state index contributed by atoms with van der Waals surface area (Å²) in [5.41, 5.74) is 1.14. The average Bonchev–Trinajstić information content (AvgIpc) is 2.47. The lowest BCUT2D eigenvalue weighted by atomic mass is 10.2. The van der Waals surface area contributed by atoms with Gasteiger partial charge in [0, 0.05) is 18.1 Å². The Hall–Kier alpha value is -2.14. The van der Waals surface area contributed by atoms with Gasteiger partial charge in [0.1, 0.15) is 5.82 Å². The topological polar surface area (TPSA) is 66.9 Å². The molecule has 1 amide bonds. The largest absolute Gasteiger partial charge is 0.369 e. The van der Waals surface area contributed by atoms with Gasteiger partial charge in [0.2, 0.25) is 0 Å². The fourth-order valence-corrected chi connectivity index (χ4v) is 1.84. The molecule has 104 valence electrons. The Morgan fingerprint density at radius 2 is 2.00 bits per heavy atom. The third kappa shape index (κ3) is 3.68. The number of aromatic nitrogens is 2. The zero-order valence-electron chi connectivity index (χ0n) is 11.1. The Bertz CT molecular complexity index is 586. The van der Waals surface area contributed by atoms with E-state index in [1.54, 1.807) is 18.2 Å². The molecule has 0 unspecified atom stereocenters. The number of hydrogen-bond donors (Lipinski definition) is 2. The van der Waals surface area contributed by atoms with Crippen molar-refractivity contribution < 1.29 is 4.79 Å². The highest BCUT2D eigenvalue weighted by atomic mass is 35.5. The van der Waals surface area contributed by atoms with Crippen molar-refractivity contribution in [1.82, 2.24) is 15.5 Å². The molecule has 0 bridgehead atoms. The minimum atomic E-state index is -0.277. The Kier molecular flexibility index (Phi) is 4.90. The van der Waals surface area contributed by atoms with Gasteiger partial charge in [-0.3, -0.25) is 4.79 Å². The lowest BCUT2D eigenvalue weighted by molar-refractivity contribution is 0.0945. The van der Waals surface area contributed by atoms with E-state index >= 15 is 0 Å². The van der Waals surface area contributed by atoms with Gasteiger partial charge in [-0.15, -0.1) is 10.2 Å². The van der Waals surface area contributed by atoms with Gasteiger partial charge in [-0.25, -0.2) is 0 Å². The average molecular weight is 291 g/mol. The first-order valence-corrected chi connectivity index (χ1v) is 6.67. The smallest absolute Gasteiger partial charge is 0.272 e. The minimum absolute atomic E-state index is 0.277. The number of benzene rings is 1. The first-order chi connectivity index (χ1) is 9.70. The van der Waals surface area contributed by atoms with Gasteiger partial charge in [-0.1, -0.05) is 29.8 Å². The molecule has 1 aromatic heterocycles. The van der Waals surface area contributed by atoms with Crippen LogP contribution < -0.4 is 10.6 Å². The van der Waals surface area contributed by atoms with E-state index in [1.165, 1.54) is 0 Å². The highest BCUT2D eigenvalue weighted by molar-refractivity contribution is 6.31. The predicted molar refractivity (Wildman–Crippen MR) is 78.8 cm³/mol. The molecular weight excluding hydrogens is 276 g/mol. The summed E-state index contributed by atoms with van der Waals surface area (Å²) in [5, 5.41) is 14.2. The highest BCUT2D eigenvalue weighted by Gasteiger charge is 2.08. The van der Waals surface area contributed by atoms with Gasteiger partial charge in [0.25, 0.3) is 5.91 Å². The van der Waals surface area contributed by atoms with Gasteiger partial charge >= 0.3 is 0 Å². The molecule has 0 fully saturated rings. The van der Waals surface area contributed by atoms with Crippen molar-refractivity contribution in [3.05, 3.63) is 52.7 Å². The van der Waals surface area contributed by atoms with Crippen molar-refractivity contribution in [2.75, 3.05) is 11.9 Å². The molecule has 20 heavy (non-hydrogen) atoms. The third-order valence-electron chi connectivity index (χ3n) is 2.65. The van der Waals surface area contributed by atoms with Gasteiger partial charge in [0.05, 0.1) is 0 Å². The molecule has 0 atom stereocenters. The molecule has 5 nitrogen and oxygen atoms in total. The normalized spacial score (nSPS) is 10.1. The summed E-state index contributed by atoms with van der Waals surface area (Å²) in [6, 6.07) is 10.7. The monoisotopic (exact) mass is 290 g/mol. The fraction of sp³-hybridized carbons (Fsp3) is 0.214. The van der Waals surface area contributed by atoms with Crippen molar-refractivity contribution in [2.24, 2.45) is 0 Å². The molecule has 6 heteroatoms. The maximum absolute atomic E-state index is 11.9. The van der Waals surface area contributed by atoms with E-state index in [-0.39, 0.29) is 11.6 Å². The number of carbonyl (C=O) groups is 1. The zero-order valence-corrected chi connectivity index (χ0v) is 11.8. The van der Waals surface area contributed by atoms with E-state index in [4.69, 9.17) is 11.6 Å². The quantitative estimate of drug-likeness (QED) is 0.888. The molecule has 2 rings (SSSR count). The van der Waals surface area contributed by atoms with Gasteiger partial charge in [0.15, 0.2) is 5.69 Å². The predicted octanol–water partition coefficient (Wildman–Crippen LogP) is 2.49. The van der Waals surface area contributed by atoms with E-state index < -0.39 is 0 Å². The van der Waals surface area contributed by atoms with E-state index in [2.05, 4.69) is 20.8 Å². The Morgan fingerprint density at radius 1 is 1.20 bits per heavy atom. The summed E-state index contributed by atoms with van der Waals surface area (Å²) in [6.45, 7) is 3.08. The third-order valence-corrected chi connectivity index (χ3v) is 3.02. The van der Waals surface area contributed by atoms with Crippen LogP contribution in [0.4, 0.5) is 5.82 Å². The molecule has 0 aliphatic rings. The molecular formula is C14H15ClN4O. The van der Waals surface area contributed by atoms with Crippen LogP contribution in [0.2, 0.25) is 5.02 Å². The molecule has 0 saturated heterocycles. The summed E-state index contributed by atoms with van der Waals surface area (Å²) in [7, 11) is 0. The number of anilines is 1. The molecule has 2 aromatic rings. The number of rotatable bonds is 5. The molecule has 0 aliphatic carbocycles. The molecule has 1 aromatic carbocycles. The van der Waals surface area contributed by atoms with Crippen molar-refractivity contribution >= 4 is 23.3 Å². The van der Waals surface area contributed by atoms with Crippen LogP contribution in [-0.4, -0.2) is 22.6 Å². The lowest BCUT2D eigenvalue weighted by Gasteiger charge is -2.06. The number of hydrogen-bond acceptors (Lipinski definition) is 4. The maximum atomic E-state index is 11.9. The van der Waals surface area contributed by atoms with Gasteiger partial charge < -0.3 is 10.6 Å². The van der Waals surface area contributed by atoms with Crippen LogP contribution in [0, 0.1) is 0 Å². The molecule has 0 radical (unpaired) electrons. The Labute approximate surface area is 122 Å². The fourth-order valence-electron chi connectivity index (χ4n) is 1.64. The van der Waals surface area contributed by atoms with E-state index in [1.807, 2.05) is 25.1 Å². The van der Waals surface area contributed by atoms with Gasteiger partial charge in [-0.2, -0.15) is 0 Å². The summed E-state index contributed by atoms with van der Waals surface area (Å²) in [4.78, 5) is 11.9. The number of nitrogens with zero attached hydrogens (tertiary/aromatic N) is 2. The van der Waals surface area contributed by atoms with Crippen LogP contribution in [0.15, 0.2) is 36.4 Å². The second-order valence-electron chi connectivity index (χ2n) is 4.11. The maximum Gasteiger partial charge on any atom is 0.272 e. The summed E-state index contributed by atoms with van der Waals surface area (Å²) >= 11 is 6.02. The lowest BCUT2D eigenvalue weighted by Crippen LogP contribution is -2.24. The van der Waals surface area contributed by atoms with Crippen LogP contribution in [0.5, 0.6) is 0 Å². The number of amides is 1. The summed E-state index contributed by atoms with van der Waals surface area (Å²) in [5.74, 6) is 0.371. The number of halogens is 1. The standard InChI is InChI=1S/C14H15ClN4O/c1-2-16-13-8-7-12(18-19-13)14(20)17-9-10-5-3-4-6-11(10)15/h3-8H,2,9H2,1H3,(H,16,19)(H,17,20). The van der Waals surface area contributed by atoms with E-state index in [9.17, 15) is 4.79 Å². The molecule has 0 spiro atoms. The minimum Gasteiger partial charge on any atom is -0.369 e. The van der Waals surface area contributed by atoms with Crippen LogP contribution in [-0.2, 0) is 6.54 Å². The van der Waals surface area contributed by atoms with Crippen molar-refractivity contribution in [2.45, 2.75) is 13.5 Å². The van der Waals surface area contributed by atoms with Gasteiger partial charge in [-0.05, 0) is 30.7 Å². The second-order valence-corrected chi connectivity index (χ2v) is 4.52. The first kappa shape index (κ1) is 14.3. The number of nitrogens with one attached hydrogen (secondary N) is 2. The van der Waals surface area contributed by atoms with Crippen LogP contribution in [0.25, 0.3) is 0 Å². The highest BCUT2D eigenvalue weighted by Crippen LogP contribution is 2.14. The summed E-state index contributed by atoms with van der Waals surface area (Å²) < 4.78 is 0. The molecule has 1 heterocycles. The molecule has 0 aliphatic heterocycles. The van der Waals surface area contributed by atoms with Crippen molar-refractivity contribution in [1.29, 1.82) is 0 Å². The van der Waals surface area contributed by atoms with Crippen molar-refractivity contribution in [3.63, 3.8) is 0 Å². The number of carbonyl (C=O) groups excluding carboxylic acids is 1. The SMILES string of the molecule is CCNc1ccc(C(=O)NCc2ccccc2Cl)nn1. The first-order valence-electron chi connectivity index (χ1n) is 6.30. The second kappa shape index (κ2) is 6.86. The van der Waals surface area contributed by atoms with E-state index in [0.29, 0.717) is 17.4 Å². The van der Waals surface area contributed by atoms with Crippen molar-refractivity contribution in [3.8, 4) is 0 Å². The zero-order chi connectivity index (χ0) is 14.4. The molecule has 2 N–H and O–H groups in total. The summed E-state index contributed by atoms with van der Waals surface area (Å²) in [6.07, 6.45) is 0. The molecule has 0 saturated carbocycles. The Morgan fingerprint density at radius 3 is 2.65 bits per heavy atom. The van der Waals surface area contributed by atoms with Crippen LogP contribution in [0.1, 0.15) is 23.0 Å².